The lowest BCUT2D eigenvalue weighted by atomic mass is 10.0. The van der Waals surface area contributed by atoms with Crippen LogP contribution < -0.4 is 0 Å². The molecule has 0 fully saturated rings. The normalized spacial score (nSPS) is 10.4. The van der Waals surface area contributed by atoms with Gasteiger partial charge >= 0.3 is 0 Å². The van der Waals surface area contributed by atoms with E-state index in [1.807, 2.05) is 6.07 Å². The topological polar surface area (TPSA) is 60.7 Å². The smallest absolute Gasteiger partial charge is 0.162 e. The first-order valence-corrected chi connectivity index (χ1v) is 5.20. The molecule has 18 heavy (non-hydrogen) atoms. The second kappa shape index (κ2) is 3.58. The van der Waals surface area contributed by atoms with Crippen LogP contribution >= 0.6 is 0 Å². The van der Waals surface area contributed by atoms with Crippen LogP contribution in [0.5, 0.6) is 0 Å². The van der Waals surface area contributed by atoms with E-state index in [9.17, 15) is 4.39 Å². The highest BCUT2D eigenvalue weighted by Gasteiger charge is 2.18. The summed E-state index contributed by atoms with van der Waals surface area (Å²) in [4.78, 5) is 0. The Bertz CT molecular complexity index is 865. The Balaban J connectivity index is 2.62. The summed E-state index contributed by atoms with van der Waals surface area (Å²) in [5.41, 5.74) is 0.388. The molecule has 0 radical (unpaired) electrons. The van der Waals surface area contributed by atoms with Crippen molar-refractivity contribution in [1.82, 2.24) is 0 Å². The third-order valence-electron chi connectivity index (χ3n) is 2.84. The fourth-order valence-electron chi connectivity index (χ4n) is 2.02. The number of hydrogen-bond donors (Lipinski definition) is 0. The molecule has 0 unspecified atom stereocenters. The predicted octanol–water partition coefficient (Wildman–Crippen LogP) is 3.47. The average molecular weight is 236 g/mol. The summed E-state index contributed by atoms with van der Waals surface area (Å²) in [7, 11) is 0. The molecule has 0 spiro atoms. The zero-order chi connectivity index (χ0) is 12.7. The number of fused-ring (bicyclic) bond motifs is 3. The molecule has 0 bridgehead atoms. The van der Waals surface area contributed by atoms with Crippen molar-refractivity contribution >= 4 is 21.9 Å². The van der Waals surface area contributed by atoms with Gasteiger partial charge < -0.3 is 4.42 Å². The third-order valence-corrected chi connectivity index (χ3v) is 2.84. The molecule has 0 amide bonds. The SMILES string of the molecule is N#Cc1cc2c(oc3ccccc32)c(C#N)c1F. The van der Waals surface area contributed by atoms with Gasteiger partial charge in [0.2, 0.25) is 0 Å². The number of furan rings is 1. The highest BCUT2D eigenvalue weighted by atomic mass is 19.1. The Morgan fingerprint density at radius 2 is 1.83 bits per heavy atom. The molecule has 3 aromatic rings. The Kier molecular flexibility index (Phi) is 2.05. The summed E-state index contributed by atoms with van der Waals surface area (Å²) in [6, 6.07) is 12.1. The van der Waals surface area contributed by atoms with E-state index in [1.165, 1.54) is 6.07 Å². The molecule has 0 aliphatic carbocycles. The lowest BCUT2D eigenvalue weighted by Crippen LogP contribution is -1.90. The highest BCUT2D eigenvalue weighted by Crippen LogP contribution is 2.33. The van der Waals surface area contributed by atoms with Crippen molar-refractivity contribution in [2.75, 3.05) is 0 Å². The van der Waals surface area contributed by atoms with Gasteiger partial charge in [-0.3, -0.25) is 0 Å². The van der Waals surface area contributed by atoms with Gasteiger partial charge in [-0.05, 0) is 12.1 Å². The van der Waals surface area contributed by atoms with Crippen LogP contribution in [0.15, 0.2) is 34.7 Å². The number of benzene rings is 2. The fourth-order valence-corrected chi connectivity index (χ4v) is 2.02. The van der Waals surface area contributed by atoms with Crippen molar-refractivity contribution in [2.45, 2.75) is 0 Å². The highest BCUT2D eigenvalue weighted by molar-refractivity contribution is 6.07. The van der Waals surface area contributed by atoms with Gasteiger partial charge in [-0.25, -0.2) is 4.39 Å². The molecule has 0 atom stereocenters. The molecule has 0 N–H and O–H groups in total. The second-order valence-corrected chi connectivity index (χ2v) is 3.81. The lowest BCUT2D eigenvalue weighted by molar-refractivity contribution is 0.610. The zero-order valence-corrected chi connectivity index (χ0v) is 9.07. The first-order chi connectivity index (χ1) is 8.76. The van der Waals surface area contributed by atoms with Crippen molar-refractivity contribution < 1.29 is 8.81 Å². The van der Waals surface area contributed by atoms with E-state index in [0.29, 0.717) is 11.0 Å². The summed E-state index contributed by atoms with van der Waals surface area (Å²) < 4.78 is 19.3. The summed E-state index contributed by atoms with van der Waals surface area (Å²) in [6.45, 7) is 0. The van der Waals surface area contributed by atoms with Gasteiger partial charge in [0.25, 0.3) is 0 Å². The van der Waals surface area contributed by atoms with Crippen LogP contribution in [0.25, 0.3) is 21.9 Å². The third kappa shape index (κ3) is 1.20. The number of halogens is 1. The maximum atomic E-state index is 13.8. The van der Waals surface area contributed by atoms with Crippen LogP contribution in [0.1, 0.15) is 11.1 Å². The summed E-state index contributed by atoms with van der Waals surface area (Å²) in [6.07, 6.45) is 0. The minimum Gasteiger partial charge on any atom is -0.455 e. The Morgan fingerprint density at radius 3 is 2.56 bits per heavy atom. The number of nitrogens with zero attached hydrogens (tertiary/aromatic N) is 2. The summed E-state index contributed by atoms with van der Waals surface area (Å²) in [5.74, 6) is -0.827. The predicted molar refractivity (Wildman–Crippen MR) is 63.1 cm³/mol. The van der Waals surface area contributed by atoms with Crippen molar-refractivity contribution in [3.05, 3.63) is 47.3 Å². The van der Waals surface area contributed by atoms with Crippen molar-refractivity contribution in [1.29, 1.82) is 10.5 Å². The van der Waals surface area contributed by atoms with E-state index < -0.39 is 5.82 Å². The zero-order valence-electron chi connectivity index (χ0n) is 9.07. The van der Waals surface area contributed by atoms with Gasteiger partial charge in [-0.2, -0.15) is 10.5 Å². The summed E-state index contributed by atoms with van der Waals surface area (Å²) in [5, 5.41) is 19.2. The molecule has 2 aromatic carbocycles. The Morgan fingerprint density at radius 1 is 1.06 bits per heavy atom. The fraction of sp³-hybridized carbons (Fsp3) is 0. The molecule has 3 rings (SSSR count). The molecular formula is C14H5FN2O. The molecule has 0 saturated heterocycles. The van der Waals surface area contributed by atoms with Crippen LogP contribution in [-0.4, -0.2) is 0 Å². The molecule has 1 heterocycles. The van der Waals surface area contributed by atoms with Crippen LogP contribution in [0.4, 0.5) is 4.39 Å². The summed E-state index contributed by atoms with van der Waals surface area (Å²) >= 11 is 0. The van der Waals surface area contributed by atoms with E-state index in [2.05, 4.69) is 0 Å². The molecule has 0 aliphatic heterocycles. The Hall–Kier alpha value is -2.85. The minimum absolute atomic E-state index is 0.148. The molecule has 3 nitrogen and oxygen atoms in total. The van der Waals surface area contributed by atoms with E-state index in [0.717, 1.165) is 5.39 Å². The van der Waals surface area contributed by atoms with Crippen LogP contribution in [0.2, 0.25) is 0 Å². The van der Waals surface area contributed by atoms with Crippen molar-refractivity contribution in [3.8, 4) is 12.1 Å². The minimum atomic E-state index is -0.827. The van der Waals surface area contributed by atoms with Crippen LogP contribution in [0, 0.1) is 28.5 Å². The first kappa shape index (κ1) is 10.3. The average Bonchev–Trinajstić information content (AvgIpc) is 2.76. The number of para-hydroxylation sites is 1. The van der Waals surface area contributed by atoms with Crippen molar-refractivity contribution in [2.24, 2.45) is 0 Å². The number of rotatable bonds is 0. The van der Waals surface area contributed by atoms with Crippen LogP contribution in [-0.2, 0) is 0 Å². The number of hydrogen-bond acceptors (Lipinski definition) is 3. The quantitative estimate of drug-likeness (QED) is 0.600. The largest absolute Gasteiger partial charge is 0.455 e. The Labute approximate surface area is 101 Å². The maximum absolute atomic E-state index is 13.8. The molecule has 0 saturated carbocycles. The van der Waals surface area contributed by atoms with E-state index >= 15 is 0 Å². The van der Waals surface area contributed by atoms with Crippen molar-refractivity contribution in [3.63, 3.8) is 0 Å². The van der Waals surface area contributed by atoms with Gasteiger partial charge in [0.05, 0.1) is 5.56 Å². The van der Waals surface area contributed by atoms with Gasteiger partial charge in [-0.1, -0.05) is 18.2 Å². The standard InChI is InChI=1S/C14H5FN2O/c15-13-8(6-16)5-10-9-3-1-2-4-12(9)18-14(10)11(13)7-17/h1-5H. The number of nitriles is 2. The van der Waals surface area contributed by atoms with E-state index in [-0.39, 0.29) is 16.7 Å². The monoisotopic (exact) mass is 236 g/mol. The van der Waals surface area contributed by atoms with Gasteiger partial charge in [0.1, 0.15) is 23.3 Å². The van der Waals surface area contributed by atoms with Gasteiger partial charge in [0, 0.05) is 10.8 Å². The van der Waals surface area contributed by atoms with Gasteiger partial charge in [-0.15, -0.1) is 0 Å². The maximum Gasteiger partial charge on any atom is 0.162 e. The van der Waals surface area contributed by atoms with E-state index in [1.54, 1.807) is 30.3 Å². The molecular weight excluding hydrogens is 231 g/mol. The van der Waals surface area contributed by atoms with E-state index in [4.69, 9.17) is 14.9 Å². The first-order valence-electron chi connectivity index (χ1n) is 5.20. The molecule has 4 heteroatoms. The molecule has 84 valence electrons. The lowest BCUT2D eigenvalue weighted by Gasteiger charge is -1.97. The van der Waals surface area contributed by atoms with Gasteiger partial charge in [0.15, 0.2) is 11.4 Å². The molecule has 1 aromatic heterocycles. The molecule has 0 aliphatic rings. The van der Waals surface area contributed by atoms with Crippen LogP contribution in [0.3, 0.4) is 0 Å². The second-order valence-electron chi connectivity index (χ2n) is 3.81.